The van der Waals surface area contributed by atoms with Crippen molar-refractivity contribution in [3.05, 3.63) is 0 Å². The lowest BCUT2D eigenvalue weighted by molar-refractivity contribution is -0.133. The number of amides is 1. The Labute approximate surface area is 78.8 Å². The van der Waals surface area contributed by atoms with Gasteiger partial charge in [0, 0.05) is 5.92 Å². The molecule has 0 radical (unpaired) electrons. The van der Waals surface area contributed by atoms with Crippen molar-refractivity contribution in [3.8, 4) is 11.8 Å². The fraction of sp³-hybridized carbons (Fsp3) is 0.429. The van der Waals surface area contributed by atoms with Crippen LogP contribution in [0.25, 0.3) is 0 Å². The number of esters is 1. The Kier molecular flexibility index (Phi) is 6.11. The predicted molar refractivity (Wildman–Crippen MR) is 46.6 cm³/mol. The Morgan fingerprint density at radius 3 is 2.75 bits per heavy atom. The number of hydrogen-bond donors (Lipinski definition) is 1. The Hall–Kier alpha value is -1.02. The van der Waals surface area contributed by atoms with Gasteiger partial charge in [-0.05, 0) is 0 Å². The molecule has 0 bridgehead atoms. The normalized spacial score (nSPS) is 7.83. The number of carbonyl (C=O) groups excluding carboxylic acids is 2. The molecule has 0 aliphatic rings. The van der Waals surface area contributed by atoms with E-state index in [0.717, 1.165) is 0 Å². The van der Waals surface area contributed by atoms with Crippen molar-refractivity contribution in [2.24, 2.45) is 0 Å². The van der Waals surface area contributed by atoms with Crippen molar-refractivity contribution >= 4 is 27.8 Å². The van der Waals surface area contributed by atoms with Gasteiger partial charge in [-0.3, -0.25) is 4.79 Å². The molecule has 0 saturated carbocycles. The molecule has 0 spiro atoms. The molecule has 0 aromatic rings. The summed E-state index contributed by atoms with van der Waals surface area (Å²) in [6.07, 6.45) is 0. The maximum Gasteiger partial charge on any atom is 0.384 e. The van der Waals surface area contributed by atoms with Crippen molar-refractivity contribution in [3.63, 3.8) is 0 Å². The van der Waals surface area contributed by atoms with Gasteiger partial charge in [0.2, 0.25) is 5.91 Å². The van der Waals surface area contributed by atoms with Crippen molar-refractivity contribution in [1.29, 1.82) is 0 Å². The average Bonchev–Trinajstić information content (AvgIpc) is 2.11. The molecule has 0 aromatic carbocycles. The van der Waals surface area contributed by atoms with Gasteiger partial charge in [-0.2, -0.15) is 0 Å². The van der Waals surface area contributed by atoms with Gasteiger partial charge in [0.1, 0.15) is 0 Å². The molecule has 0 heterocycles. The largest absolute Gasteiger partial charge is 0.459 e. The van der Waals surface area contributed by atoms with Gasteiger partial charge in [-0.15, -0.1) is 0 Å². The molecule has 0 saturated heterocycles. The average molecular weight is 234 g/mol. The molecule has 66 valence electrons. The summed E-state index contributed by atoms with van der Waals surface area (Å²) in [5, 5.41) is 2.67. The first-order valence-electron chi connectivity index (χ1n) is 3.10. The summed E-state index contributed by atoms with van der Waals surface area (Å²) in [5.41, 5.74) is 0. The zero-order valence-electron chi connectivity index (χ0n) is 6.52. The summed E-state index contributed by atoms with van der Waals surface area (Å²) in [7, 11) is 1.24. The van der Waals surface area contributed by atoms with Gasteiger partial charge in [-0.1, -0.05) is 21.9 Å². The Bertz CT molecular complexity index is 229. The highest BCUT2D eigenvalue weighted by Crippen LogP contribution is 1.76. The van der Waals surface area contributed by atoms with Crippen LogP contribution in [-0.4, -0.2) is 30.9 Å². The molecule has 12 heavy (non-hydrogen) atoms. The summed E-state index contributed by atoms with van der Waals surface area (Å²) < 4.78 is 4.25. The standard InChI is InChI=1S/C7H8BrNO3/c1-12-7(11)3-2-4-9-6(10)5-8/h4-5H2,1H3,(H,9,10). The SMILES string of the molecule is COC(=O)C#CCNC(=O)CBr. The van der Waals surface area contributed by atoms with Gasteiger partial charge in [0.25, 0.3) is 0 Å². The van der Waals surface area contributed by atoms with Crippen LogP contribution in [0.4, 0.5) is 0 Å². The quantitative estimate of drug-likeness (QED) is 0.308. The number of rotatable bonds is 2. The highest BCUT2D eigenvalue weighted by atomic mass is 79.9. The number of hydrogen-bond acceptors (Lipinski definition) is 3. The van der Waals surface area contributed by atoms with E-state index in [1.54, 1.807) is 0 Å². The van der Waals surface area contributed by atoms with Crippen molar-refractivity contribution < 1.29 is 14.3 Å². The zero-order chi connectivity index (χ0) is 9.40. The number of ether oxygens (including phenoxy) is 1. The van der Waals surface area contributed by atoms with Gasteiger partial charge >= 0.3 is 5.97 Å². The van der Waals surface area contributed by atoms with Gasteiger partial charge < -0.3 is 10.1 Å². The number of nitrogens with one attached hydrogen (secondary N) is 1. The van der Waals surface area contributed by atoms with E-state index in [-0.39, 0.29) is 17.8 Å². The first kappa shape index (κ1) is 11.0. The topological polar surface area (TPSA) is 55.4 Å². The van der Waals surface area contributed by atoms with E-state index in [4.69, 9.17) is 0 Å². The number of carbonyl (C=O) groups is 2. The summed E-state index contributed by atoms with van der Waals surface area (Å²) in [6.45, 7) is 0.152. The van der Waals surface area contributed by atoms with E-state index in [2.05, 4.69) is 37.8 Å². The Morgan fingerprint density at radius 1 is 1.58 bits per heavy atom. The van der Waals surface area contributed by atoms with Crippen molar-refractivity contribution in [2.45, 2.75) is 0 Å². The molecule has 4 nitrogen and oxygen atoms in total. The van der Waals surface area contributed by atoms with Crippen LogP contribution < -0.4 is 5.32 Å². The monoisotopic (exact) mass is 233 g/mol. The summed E-state index contributed by atoms with van der Waals surface area (Å²) >= 11 is 2.96. The van der Waals surface area contributed by atoms with Crippen molar-refractivity contribution in [1.82, 2.24) is 5.32 Å². The molecule has 5 heteroatoms. The lowest BCUT2D eigenvalue weighted by Crippen LogP contribution is -2.24. The Morgan fingerprint density at radius 2 is 2.25 bits per heavy atom. The molecule has 0 unspecified atom stereocenters. The first-order valence-corrected chi connectivity index (χ1v) is 4.22. The lowest BCUT2D eigenvalue weighted by Gasteiger charge is -1.93. The Balaban J connectivity index is 3.59. The smallest absolute Gasteiger partial charge is 0.384 e. The highest BCUT2D eigenvalue weighted by Gasteiger charge is 1.93. The summed E-state index contributed by atoms with van der Waals surface area (Å²) in [4.78, 5) is 21.0. The molecule has 0 aliphatic heterocycles. The molecule has 1 N–H and O–H groups in total. The van der Waals surface area contributed by atoms with E-state index in [9.17, 15) is 9.59 Å². The fourth-order valence-electron chi connectivity index (χ4n) is 0.357. The summed E-state index contributed by atoms with van der Waals surface area (Å²) in [5.74, 6) is 3.81. The molecule has 0 fully saturated rings. The molecule has 1 amide bonds. The van der Waals surface area contributed by atoms with Crippen LogP contribution in [0.1, 0.15) is 0 Å². The number of alkyl halides is 1. The third-order valence-electron chi connectivity index (χ3n) is 0.871. The number of methoxy groups -OCH3 is 1. The van der Waals surface area contributed by atoms with Gasteiger partial charge in [0.05, 0.1) is 19.0 Å². The maximum absolute atomic E-state index is 10.6. The van der Waals surface area contributed by atoms with Gasteiger partial charge in [-0.25, -0.2) is 4.79 Å². The van der Waals surface area contributed by atoms with Gasteiger partial charge in [0.15, 0.2) is 0 Å². The maximum atomic E-state index is 10.6. The van der Waals surface area contributed by atoms with E-state index in [1.807, 2.05) is 0 Å². The minimum atomic E-state index is -0.608. The molecule has 0 aromatic heterocycles. The van der Waals surface area contributed by atoms with Crippen LogP contribution in [0.15, 0.2) is 0 Å². The second-order valence-electron chi connectivity index (χ2n) is 1.70. The predicted octanol–water partition coefficient (Wildman–Crippen LogP) is -0.326. The lowest BCUT2D eigenvalue weighted by atomic mass is 10.5. The van der Waals surface area contributed by atoms with Crippen LogP contribution in [-0.2, 0) is 14.3 Å². The van der Waals surface area contributed by atoms with Crippen LogP contribution in [0, 0.1) is 11.8 Å². The van der Waals surface area contributed by atoms with Crippen LogP contribution in [0.5, 0.6) is 0 Å². The minimum Gasteiger partial charge on any atom is -0.459 e. The van der Waals surface area contributed by atoms with Crippen LogP contribution in [0.2, 0.25) is 0 Å². The molecular weight excluding hydrogens is 226 g/mol. The molecule has 0 rings (SSSR count). The van der Waals surface area contributed by atoms with E-state index >= 15 is 0 Å². The molecular formula is C7H8BrNO3. The minimum absolute atomic E-state index is 0.152. The first-order chi connectivity index (χ1) is 5.70. The van der Waals surface area contributed by atoms with E-state index in [0.29, 0.717) is 0 Å². The zero-order valence-corrected chi connectivity index (χ0v) is 8.10. The third kappa shape index (κ3) is 5.74. The molecule has 0 atom stereocenters. The second-order valence-corrected chi connectivity index (χ2v) is 2.26. The van der Waals surface area contributed by atoms with Crippen molar-refractivity contribution in [2.75, 3.05) is 19.0 Å². The fourth-order valence-corrected chi connectivity index (χ4v) is 0.556. The van der Waals surface area contributed by atoms with Crippen LogP contribution >= 0.6 is 15.9 Å². The number of halogens is 1. The molecule has 0 aliphatic carbocycles. The van der Waals surface area contributed by atoms with E-state index < -0.39 is 5.97 Å². The second kappa shape index (κ2) is 6.68. The van der Waals surface area contributed by atoms with E-state index in [1.165, 1.54) is 7.11 Å². The summed E-state index contributed by atoms with van der Waals surface area (Å²) in [6, 6.07) is 0. The highest BCUT2D eigenvalue weighted by molar-refractivity contribution is 9.09. The van der Waals surface area contributed by atoms with Crippen LogP contribution in [0.3, 0.4) is 0 Å². The third-order valence-corrected chi connectivity index (χ3v) is 1.38.